The molecule has 25 heavy (non-hydrogen) atoms. The Hall–Kier alpha value is -1.46. The third-order valence-corrected chi connectivity index (χ3v) is 6.20. The Balaban J connectivity index is 1.30. The van der Waals surface area contributed by atoms with Crippen LogP contribution < -0.4 is 5.32 Å². The summed E-state index contributed by atoms with van der Waals surface area (Å²) < 4.78 is 6.37. The van der Waals surface area contributed by atoms with Crippen LogP contribution in [0.1, 0.15) is 44.6 Å². The van der Waals surface area contributed by atoms with E-state index >= 15 is 0 Å². The molecular weight excluding hydrogens is 314 g/mol. The van der Waals surface area contributed by atoms with Crippen molar-refractivity contribution in [1.82, 2.24) is 15.2 Å². The zero-order valence-electron chi connectivity index (χ0n) is 15.1. The van der Waals surface area contributed by atoms with Crippen molar-refractivity contribution in [2.45, 2.75) is 57.3 Å². The van der Waals surface area contributed by atoms with Crippen LogP contribution in [0.5, 0.6) is 0 Å². The first-order valence-electron chi connectivity index (χ1n) is 9.71. The number of amides is 1. The van der Waals surface area contributed by atoms with Crippen molar-refractivity contribution in [1.29, 1.82) is 0 Å². The highest BCUT2D eigenvalue weighted by molar-refractivity contribution is 5.81. The lowest BCUT2D eigenvalue weighted by Crippen LogP contribution is -2.51. The number of likely N-dealkylation sites (tertiary alicyclic amines) is 1. The van der Waals surface area contributed by atoms with Gasteiger partial charge in [0.05, 0.1) is 5.60 Å². The molecule has 136 valence electrons. The van der Waals surface area contributed by atoms with Gasteiger partial charge in [0.25, 0.3) is 0 Å². The molecule has 0 unspecified atom stereocenters. The van der Waals surface area contributed by atoms with Crippen molar-refractivity contribution >= 4 is 5.91 Å². The van der Waals surface area contributed by atoms with Gasteiger partial charge in [-0.2, -0.15) is 0 Å². The Labute approximate surface area is 150 Å². The summed E-state index contributed by atoms with van der Waals surface area (Å²) in [6.45, 7) is 6.14. The van der Waals surface area contributed by atoms with Crippen molar-refractivity contribution in [3.63, 3.8) is 0 Å². The van der Waals surface area contributed by atoms with Crippen LogP contribution in [0.3, 0.4) is 0 Å². The second-order valence-electron chi connectivity index (χ2n) is 8.14. The van der Waals surface area contributed by atoms with Crippen LogP contribution in [0, 0.1) is 11.8 Å². The molecule has 1 amide bonds. The molecule has 3 atom stereocenters. The van der Waals surface area contributed by atoms with E-state index in [9.17, 15) is 4.79 Å². The molecule has 3 aliphatic rings. The minimum absolute atomic E-state index is 0.101. The third kappa shape index (κ3) is 3.87. The molecule has 1 N–H and O–H groups in total. The van der Waals surface area contributed by atoms with Crippen molar-refractivity contribution in [3.8, 4) is 0 Å². The summed E-state index contributed by atoms with van der Waals surface area (Å²) in [5.74, 6) is 1.27. The molecule has 2 saturated heterocycles. The number of carbonyl (C=O) groups excluding carboxylic acids is 1. The molecule has 1 saturated carbocycles. The van der Waals surface area contributed by atoms with E-state index in [0.29, 0.717) is 5.92 Å². The molecule has 0 radical (unpaired) electrons. The fraction of sp³-hybridized carbons (Fsp3) is 0.700. The molecule has 1 aromatic heterocycles. The van der Waals surface area contributed by atoms with Crippen LogP contribution in [0.15, 0.2) is 24.5 Å². The average Bonchev–Trinajstić information content (AvgIpc) is 3.35. The molecule has 2 aliphatic heterocycles. The van der Waals surface area contributed by atoms with E-state index in [0.717, 1.165) is 51.4 Å². The van der Waals surface area contributed by atoms with Gasteiger partial charge in [-0.25, -0.2) is 0 Å². The first-order valence-corrected chi connectivity index (χ1v) is 9.71. The highest BCUT2D eigenvalue weighted by Crippen LogP contribution is 2.42. The van der Waals surface area contributed by atoms with Crippen molar-refractivity contribution in [2.75, 3.05) is 19.6 Å². The Morgan fingerprint density at radius 3 is 2.84 bits per heavy atom. The van der Waals surface area contributed by atoms with Gasteiger partial charge in [0, 0.05) is 38.6 Å². The van der Waals surface area contributed by atoms with E-state index in [2.05, 4.69) is 34.3 Å². The smallest absolute Gasteiger partial charge is 0.249 e. The lowest BCUT2D eigenvalue weighted by molar-refractivity contribution is -0.147. The van der Waals surface area contributed by atoms with Crippen LogP contribution in [-0.2, 0) is 16.1 Å². The molecular formula is C20H29N3O2. The fourth-order valence-corrected chi connectivity index (χ4v) is 4.32. The van der Waals surface area contributed by atoms with Crippen LogP contribution in [0.25, 0.3) is 0 Å². The monoisotopic (exact) mass is 343 g/mol. The van der Waals surface area contributed by atoms with Crippen LogP contribution in [-0.4, -0.2) is 47.1 Å². The molecule has 5 heteroatoms. The second-order valence-corrected chi connectivity index (χ2v) is 8.14. The van der Waals surface area contributed by atoms with E-state index < -0.39 is 0 Å². The summed E-state index contributed by atoms with van der Waals surface area (Å²) in [5, 5.41) is 3.08. The highest BCUT2D eigenvalue weighted by Gasteiger charge is 2.48. The third-order valence-electron chi connectivity index (χ3n) is 6.20. The first-order chi connectivity index (χ1) is 12.1. The summed E-state index contributed by atoms with van der Waals surface area (Å²) in [5.41, 5.74) is 1.21. The maximum absolute atomic E-state index is 12.4. The summed E-state index contributed by atoms with van der Waals surface area (Å²) in [6, 6.07) is 4.17. The first kappa shape index (κ1) is 17.0. The van der Waals surface area contributed by atoms with E-state index in [-0.39, 0.29) is 17.6 Å². The normalized spacial score (nSPS) is 32.8. The van der Waals surface area contributed by atoms with Crippen molar-refractivity contribution in [3.05, 3.63) is 30.1 Å². The van der Waals surface area contributed by atoms with Gasteiger partial charge in [-0.05, 0) is 61.6 Å². The summed E-state index contributed by atoms with van der Waals surface area (Å²) in [7, 11) is 0. The molecule has 0 aromatic carbocycles. The van der Waals surface area contributed by atoms with Gasteiger partial charge < -0.3 is 10.1 Å². The summed E-state index contributed by atoms with van der Waals surface area (Å²) in [6.07, 6.45) is 8.90. The number of ether oxygens (including phenoxy) is 1. The molecule has 4 rings (SSSR count). The number of nitrogens with zero attached hydrogens (tertiary/aromatic N) is 2. The number of pyridine rings is 1. The van der Waals surface area contributed by atoms with Gasteiger partial charge in [-0.15, -0.1) is 0 Å². The Morgan fingerprint density at radius 1 is 1.32 bits per heavy atom. The molecule has 1 aromatic rings. The molecule has 3 heterocycles. The standard InChI is InChI=1S/C20H29N3O2/c1-15-13-23(14-17-5-9-21-10-6-17)11-8-20(15)7-4-18(25-20)19(24)22-12-16-2-3-16/h5-6,9-10,15-16,18H,2-4,7-8,11-14H2,1H3,(H,22,24)/t15-,18+,20+/m0/s1. The number of carbonyl (C=O) groups is 1. The lowest BCUT2D eigenvalue weighted by Gasteiger charge is -2.44. The second kappa shape index (κ2) is 7.04. The number of piperidine rings is 1. The van der Waals surface area contributed by atoms with Crippen molar-refractivity contribution < 1.29 is 9.53 Å². The highest BCUT2D eigenvalue weighted by atomic mass is 16.5. The molecule has 1 aliphatic carbocycles. The summed E-state index contributed by atoms with van der Waals surface area (Å²) >= 11 is 0. The number of aromatic nitrogens is 1. The summed E-state index contributed by atoms with van der Waals surface area (Å²) in [4.78, 5) is 18.9. The zero-order chi connectivity index (χ0) is 17.3. The topological polar surface area (TPSA) is 54.5 Å². The van der Waals surface area contributed by atoms with Gasteiger partial charge >= 0.3 is 0 Å². The van der Waals surface area contributed by atoms with E-state index in [1.165, 1.54) is 18.4 Å². The Morgan fingerprint density at radius 2 is 2.12 bits per heavy atom. The SMILES string of the molecule is C[C@H]1CN(Cc2ccncc2)CC[C@]12CC[C@H](C(=O)NCC1CC1)O2. The van der Waals surface area contributed by atoms with Crippen LogP contribution in [0.4, 0.5) is 0 Å². The molecule has 3 fully saturated rings. The lowest BCUT2D eigenvalue weighted by atomic mass is 9.80. The van der Waals surface area contributed by atoms with E-state index in [1.54, 1.807) is 0 Å². The quantitative estimate of drug-likeness (QED) is 0.892. The maximum atomic E-state index is 12.4. The number of nitrogens with one attached hydrogen (secondary N) is 1. The fourth-order valence-electron chi connectivity index (χ4n) is 4.32. The van der Waals surface area contributed by atoms with Gasteiger partial charge in [-0.3, -0.25) is 14.7 Å². The predicted octanol–water partition coefficient (Wildman–Crippen LogP) is 2.37. The van der Waals surface area contributed by atoms with E-state index in [4.69, 9.17) is 4.74 Å². The van der Waals surface area contributed by atoms with Crippen LogP contribution >= 0.6 is 0 Å². The average molecular weight is 343 g/mol. The van der Waals surface area contributed by atoms with E-state index in [1.807, 2.05) is 12.4 Å². The maximum Gasteiger partial charge on any atom is 0.249 e. The largest absolute Gasteiger partial charge is 0.362 e. The minimum Gasteiger partial charge on any atom is -0.362 e. The van der Waals surface area contributed by atoms with Crippen molar-refractivity contribution in [2.24, 2.45) is 11.8 Å². The van der Waals surface area contributed by atoms with Gasteiger partial charge in [-0.1, -0.05) is 6.92 Å². The molecule has 5 nitrogen and oxygen atoms in total. The minimum atomic E-state index is -0.243. The van der Waals surface area contributed by atoms with Gasteiger partial charge in [0.1, 0.15) is 6.10 Å². The molecule has 0 bridgehead atoms. The zero-order valence-corrected chi connectivity index (χ0v) is 15.1. The number of hydrogen-bond acceptors (Lipinski definition) is 4. The Kier molecular flexibility index (Phi) is 4.78. The molecule has 1 spiro atoms. The van der Waals surface area contributed by atoms with Crippen LogP contribution in [0.2, 0.25) is 0 Å². The van der Waals surface area contributed by atoms with Gasteiger partial charge in [0.15, 0.2) is 0 Å². The number of rotatable bonds is 5. The van der Waals surface area contributed by atoms with Gasteiger partial charge in [0.2, 0.25) is 5.91 Å². The predicted molar refractivity (Wildman–Crippen MR) is 95.9 cm³/mol. The Bertz CT molecular complexity index is 604. The number of hydrogen-bond donors (Lipinski definition) is 1.